The predicted octanol–water partition coefficient (Wildman–Crippen LogP) is 1.05. The van der Waals surface area contributed by atoms with E-state index >= 15 is 0 Å². The largest absolute Gasteiger partial charge is 0.284 e. The number of nitrogens with one attached hydrogen (secondary N) is 1. The second-order valence-electron chi connectivity index (χ2n) is 3.17. The molecule has 96 valence electrons. The number of hydrogen-bond acceptors (Lipinski definition) is 5. The maximum atomic E-state index is 11.9. The maximum absolute atomic E-state index is 11.9. The third-order valence-electron chi connectivity index (χ3n) is 1.83. The topological polar surface area (TPSA) is 75.7 Å². The molecule has 1 amide bonds. The van der Waals surface area contributed by atoms with Crippen molar-refractivity contribution in [3.05, 3.63) is 14.7 Å². The molecule has 1 rings (SSSR count). The molecule has 1 aromatic heterocycles. The van der Waals surface area contributed by atoms with E-state index in [2.05, 4.69) is 26.2 Å². The number of halogens is 1. The van der Waals surface area contributed by atoms with E-state index in [4.69, 9.17) is 0 Å². The van der Waals surface area contributed by atoms with Gasteiger partial charge in [-0.25, -0.2) is 18.2 Å². The van der Waals surface area contributed by atoms with E-state index in [0.717, 1.165) is 15.6 Å². The van der Waals surface area contributed by atoms with Crippen LogP contribution in [0.25, 0.3) is 0 Å². The van der Waals surface area contributed by atoms with Crippen molar-refractivity contribution in [2.45, 2.75) is 4.90 Å². The number of rotatable bonds is 4. The molecule has 1 aromatic rings. The molecule has 0 fully saturated rings. The van der Waals surface area contributed by atoms with Crippen LogP contribution in [-0.4, -0.2) is 39.8 Å². The smallest absolute Gasteiger partial charge is 0.277 e. The molecule has 0 spiro atoms. The average Bonchev–Trinajstić information content (AvgIpc) is 2.61. The van der Waals surface area contributed by atoms with Crippen LogP contribution in [0.3, 0.4) is 0 Å². The highest BCUT2D eigenvalue weighted by Crippen LogP contribution is 2.32. The second kappa shape index (κ2) is 5.44. The van der Waals surface area contributed by atoms with Crippen molar-refractivity contribution >= 4 is 43.2 Å². The maximum Gasteiger partial charge on any atom is 0.284 e. The molecule has 17 heavy (non-hydrogen) atoms. The van der Waals surface area contributed by atoms with Crippen molar-refractivity contribution in [2.75, 3.05) is 21.2 Å². The van der Waals surface area contributed by atoms with Crippen LogP contribution >= 0.6 is 27.3 Å². The summed E-state index contributed by atoms with van der Waals surface area (Å²) in [7, 11) is 0.594. The van der Waals surface area contributed by atoms with Crippen LogP contribution in [-0.2, 0) is 14.9 Å². The highest BCUT2D eigenvalue weighted by Gasteiger charge is 2.25. The molecule has 0 radical (unpaired) electrons. The van der Waals surface area contributed by atoms with Crippen molar-refractivity contribution in [2.24, 2.45) is 0 Å². The van der Waals surface area contributed by atoms with Crippen LogP contribution in [0.5, 0.6) is 0 Å². The fourth-order valence-corrected chi connectivity index (χ4v) is 4.27. The molecule has 0 saturated heterocycles. The Balaban J connectivity index is 3.18. The molecular formula is C8H11BrN2O4S2. The van der Waals surface area contributed by atoms with Crippen LogP contribution < -0.4 is 5.48 Å². The zero-order valence-corrected chi connectivity index (χ0v) is 12.6. The highest BCUT2D eigenvalue weighted by atomic mass is 79.9. The number of hydrogen-bond donors (Lipinski definition) is 1. The van der Waals surface area contributed by atoms with Crippen LogP contribution in [0.4, 0.5) is 0 Å². The van der Waals surface area contributed by atoms with Gasteiger partial charge in [-0.2, -0.15) is 0 Å². The molecular weight excluding hydrogens is 332 g/mol. The van der Waals surface area contributed by atoms with Crippen LogP contribution in [0.2, 0.25) is 0 Å². The lowest BCUT2D eigenvalue weighted by molar-refractivity contribution is 0.0542. The van der Waals surface area contributed by atoms with E-state index in [9.17, 15) is 13.2 Å². The van der Waals surface area contributed by atoms with Gasteiger partial charge in [0, 0.05) is 14.1 Å². The van der Waals surface area contributed by atoms with Gasteiger partial charge >= 0.3 is 0 Å². The van der Waals surface area contributed by atoms with Crippen molar-refractivity contribution in [3.8, 4) is 0 Å². The van der Waals surface area contributed by atoms with Gasteiger partial charge in [0.15, 0.2) is 0 Å². The molecule has 0 aliphatic rings. The quantitative estimate of drug-likeness (QED) is 0.830. The second-order valence-corrected chi connectivity index (χ2v) is 7.66. The van der Waals surface area contributed by atoms with E-state index in [0.29, 0.717) is 3.79 Å². The minimum Gasteiger partial charge on any atom is -0.277 e. The fourth-order valence-electron chi connectivity index (χ4n) is 0.980. The van der Waals surface area contributed by atoms with Gasteiger partial charge in [0.25, 0.3) is 5.91 Å². The lowest BCUT2D eigenvalue weighted by atomic mass is 10.4. The Kier molecular flexibility index (Phi) is 4.67. The first kappa shape index (κ1) is 14.6. The Morgan fingerprint density at radius 1 is 1.53 bits per heavy atom. The van der Waals surface area contributed by atoms with Crippen LogP contribution in [0, 0.1) is 0 Å². The van der Waals surface area contributed by atoms with Gasteiger partial charge in [-0.3, -0.25) is 9.63 Å². The summed E-state index contributed by atoms with van der Waals surface area (Å²) in [5.41, 5.74) is 2.13. The Hall–Kier alpha value is -0.480. The van der Waals surface area contributed by atoms with Gasteiger partial charge in [0.2, 0.25) is 10.0 Å². The van der Waals surface area contributed by atoms with E-state index < -0.39 is 15.9 Å². The van der Waals surface area contributed by atoms with Gasteiger partial charge in [0.05, 0.1) is 15.8 Å². The van der Waals surface area contributed by atoms with E-state index in [1.165, 1.54) is 27.3 Å². The van der Waals surface area contributed by atoms with Gasteiger partial charge in [-0.1, -0.05) is 0 Å². The number of thiophene rings is 1. The summed E-state index contributed by atoms with van der Waals surface area (Å²) < 4.78 is 25.2. The Bertz CT molecular complexity index is 524. The summed E-state index contributed by atoms with van der Waals surface area (Å²) in [6.07, 6.45) is 0. The number of nitrogens with zero attached hydrogens (tertiary/aromatic N) is 1. The Morgan fingerprint density at radius 3 is 2.59 bits per heavy atom. The summed E-state index contributed by atoms with van der Waals surface area (Å²) in [6, 6.07) is 1.30. The summed E-state index contributed by atoms with van der Waals surface area (Å²) >= 11 is 4.16. The minimum atomic E-state index is -3.56. The Morgan fingerprint density at radius 2 is 2.12 bits per heavy atom. The van der Waals surface area contributed by atoms with Gasteiger partial charge in [-0.05, 0) is 22.0 Å². The van der Waals surface area contributed by atoms with Crippen molar-refractivity contribution < 1.29 is 18.0 Å². The zero-order chi connectivity index (χ0) is 13.2. The molecule has 1 N–H and O–H groups in total. The number of sulfonamides is 1. The molecule has 0 aromatic carbocycles. The normalized spacial score (nSPS) is 11.8. The van der Waals surface area contributed by atoms with Gasteiger partial charge in [0.1, 0.15) is 4.90 Å². The lowest BCUT2D eigenvalue weighted by Crippen LogP contribution is -2.22. The lowest BCUT2D eigenvalue weighted by Gasteiger charge is -2.09. The van der Waals surface area contributed by atoms with Crippen molar-refractivity contribution in [1.29, 1.82) is 0 Å². The van der Waals surface area contributed by atoms with Crippen molar-refractivity contribution in [3.63, 3.8) is 0 Å². The molecule has 0 aliphatic heterocycles. The first-order chi connectivity index (χ1) is 7.80. The van der Waals surface area contributed by atoms with Gasteiger partial charge < -0.3 is 0 Å². The molecule has 0 saturated carbocycles. The molecule has 6 nitrogen and oxygen atoms in total. The van der Waals surface area contributed by atoms with Crippen LogP contribution in [0.15, 0.2) is 14.7 Å². The summed E-state index contributed by atoms with van der Waals surface area (Å²) in [4.78, 5) is 16.2. The number of hydroxylamine groups is 1. The standard InChI is InChI=1S/C8H11BrN2O4S2/c1-11(2)17(13,14)6-4-5(16-7(6)9)8(12)10-15-3/h4H,1-3H3,(H,10,12). The summed E-state index contributed by atoms with van der Waals surface area (Å²) in [5.74, 6) is -0.488. The van der Waals surface area contributed by atoms with E-state index in [-0.39, 0.29) is 9.77 Å². The predicted molar refractivity (Wildman–Crippen MR) is 67.4 cm³/mol. The third kappa shape index (κ3) is 3.05. The van der Waals surface area contributed by atoms with Crippen LogP contribution in [0.1, 0.15) is 9.67 Å². The minimum absolute atomic E-state index is 0.0637. The summed E-state index contributed by atoms with van der Waals surface area (Å²) in [6.45, 7) is 0. The third-order valence-corrected chi connectivity index (χ3v) is 5.90. The molecule has 0 unspecified atom stereocenters. The molecule has 0 aliphatic carbocycles. The number of amides is 1. The van der Waals surface area contributed by atoms with E-state index in [1.807, 2.05) is 0 Å². The Labute approximate surface area is 112 Å². The zero-order valence-electron chi connectivity index (χ0n) is 9.35. The first-order valence-electron chi connectivity index (χ1n) is 4.36. The first-order valence-corrected chi connectivity index (χ1v) is 7.41. The van der Waals surface area contributed by atoms with Gasteiger partial charge in [-0.15, -0.1) is 11.3 Å². The number of carbonyl (C=O) groups excluding carboxylic acids is 1. The molecule has 9 heteroatoms. The fraction of sp³-hybridized carbons (Fsp3) is 0.375. The van der Waals surface area contributed by atoms with Crippen molar-refractivity contribution in [1.82, 2.24) is 9.79 Å². The molecule has 0 atom stereocenters. The molecule has 1 heterocycles. The SMILES string of the molecule is CONC(=O)c1cc(S(=O)(=O)N(C)C)c(Br)s1. The van der Waals surface area contributed by atoms with E-state index in [1.54, 1.807) is 0 Å². The average molecular weight is 343 g/mol. The monoisotopic (exact) mass is 342 g/mol. The highest BCUT2D eigenvalue weighted by molar-refractivity contribution is 9.11. The molecule has 0 bridgehead atoms. The number of carbonyl (C=O) groups is 1. The summed E-state index contributed by atoms with van der Waals surface area (Å²) in [5, 5.41) is 0.